The van der Waals surface area contributed by atoms with Crippen molar-refractivity contribution < 1.29 is 189 Å². The van der Waals surface area contributed by atoms with Gasteiger partial charge in [-0.25, -0.2) is 0 Å². The van der Waals surface area contributed by atoms with E-state index in [1.165, 1.54) is 92.0 Å². The van der Waals surface area contributed by atoms with Gasteiger partial charge in [0.15, 0.2) is 0 Å². The molecule has 0 aromatic carbocycles. The summed E-state index contributed by atoms with van der Waals surface area (Å²) in [7, 11) is 42.3. The molecule has 0 saturated heterocycles. The third-order valence-corrected chi connectivity index (χ3v) is 43.6. The maximum Gasteiger partial charge on any atom is 1.00 e. The Labute approximate surface area is 622 Å². The van der Waals surface area contributed by atoms with E-state index in [-0.39, 0.29) is 180 Å². The Morgan fingerprint density at radius 2 is 0.738 bits per heavy atom. The van der Waals surface area contributed by atoms with Gasteiger partial charge in [0.2, 0.25) is 0 Å². The fourth-order valence-electron chi connectivity index (χ4n) is 0.288. The number of esters is 1. The smallest absolute Gasteiger partial charge is 1.00 e. The van der Waals surface area contributed by atoms with E-state index in [4.69, 9.17) is 25.1 Å². The van der Waals surface area contributed by atoms with E-state index < -0.39 is 0 Å². The second kappa shape index (κ2) is 178. The molecule has 0 amide bonds. The van der Waals surface area contributed by atoms with E-state index in [2.05, 4.69) is 129 Å². The molecule has 385 valence electrons. The minimum atomic E-state index is -0.245. The zero-order chi connectivity index (χ0) is 49.6. The van der Waals surface area contributed by atoms with Crippen LogP contribution < -0.4 is 138 Å². The number of hydrogen-bond acceptors (Lipinski definition) is 19. The Hall–Kier alpha value is 10.5. The molecule has 0 aromatic rings. The first kappa shape index (κ1) is 122. The molecular weight excluding hydrogens is 1650 g/mol. The summed E-state index contributed by atoms with van der Waals surface area (Å²) in [4.78, 5) is 29.6. The second-order valence-corrected chi connectivity index (χ2v) is 46.4. The average molecular weight is 1690 g/mol. The molecule has 11 nitrogen and oxygen atoms in total. The molecule has 0 rings (SSSR count). The average Bonchev–Trinajstić information content (AvgIpc) is 3.26. The number of halogens is 2. The van der Waals surface area contributed by atoms with Crippen molar-refractivity contribution in [2.24, 2.45) is 0 Å². The van der Waals surface area contributed by atoms with Gasteiger partial charge in [-0.05, 0) is 20.8 Å². The standard InChI is InChI=1S/C3H8O2.C3H6O2.C3H8O.C2H5Br.C2H6O.C2H4O.CH2O3.CH4O.B.BrH.2K.Na.S10.S9.S8.S4.2H/c1-4-3-5-2;1-3(4)5-2;1-3-4-2;3*1-2-3;2-1-4-3;1-2;;;;;;1-3-5-7-9-10-8-6-4-2;1-3-5-7-9-8-6-4-2;1-3-5-7-8-6-4-2;1-3-4-2;;/h3H2,1-2H3;1-2H3;3H2,1-2H3;2H2,1H3;3H,2H2,1H3;2H,1H3;1,3H;2H,1H3;;1H;;;;;;;;;/q;;;;;;;;;;3*+1;;;;;2*-1/p-1. The molecule has 0 fully saturated rings. The first-order valence-corrected chi connectivity index (χ1v) is 49.6. The van der Waals surface area contributed by atoms with Crippen LogP contribution >= 0.6 is 32.9 Å². The van der Waals surface area contributed by atoms with Crippen molar-refractivity contribution in [1.29, 1.82) is 0 Å². The van der Waals surface area contributed by atoms with E-state index in [9.17, 15) is 4.79 Å². The molecule has 0 heterocycles. The monoisotopic (exact) mass is 1690 g/mol. The minimum absolute atomic E-state index is 0. The Bertz CT molecular complexity index is 1830. The van der Waals surface area contributed by atoms with Gasteiger partial charge in [0, 0.05) is 356 Å². The van der Waals surface area contributed by atoms with Gasteiger partial charge in [-0.15, -0.1) is 17.0 Å². The number of hydrogen-bond donors (Lipinski definition) is 2. The van der Waals surface area contributed by atoms with Crippen LogP contribution in [0.15, 0.2) is 0 Å². The summed E-state index contributed by atoms with van der Waals surface area (Å²) in [5.41, 5.74) is 0. The van der Waals surface area contributed by atoms with Crippen LogP contribution in [0.2, 0.25) is 0 Å². The van der Waals surface area contributed by atoms with Gasteiger partial charge in [0.05, 0.1) is 7.11 Å². The predicted molar refractivity (Wildman–Crippen MR) is 360 cm³/mol. The van der Waals surface area contributed by atoms with Crippen molar-refractivity contribution in [3.8, 4) is 0 Å². The van der Waals surface area contributed by atoms with Crippen molar-refractivity contribution in [2.45, 2.75) is 34.6 Å². The number of methoxy groups -OCH3 is 4. The summed E-state index contributed by atoms with van der Waals surface area (Å²) in [6.45, 7) is 9.76. The largest absolute Gasteiger partial charge is 1.00 e. The van der Waals surface area contributed by atoms with Crippen LogP contribution in [0.1, 0.15) is 37.5 Å². The van der Waals surface area contributed by atoms with Crippen LogP contribution in [0.3, 0.4) is 0 Å². The number of carbonyl (C=O) groups excluding carboxylic acids is 3. The van der Waals surface area contributed by atoms with Crippen molar-refractivity contribution >= 4 is 354 Å². The molecule has 0 aromatic heterocycles. The third kappa shape index (κ3) is 311. The maximum atomic E-state index is 9.59. The molecule has 0 unspecified atom stereocenters. The first-order chi connectivity index (χ1) is 28.9. The molecule has 65 heavy (non-hydrogen) atoms. The number of alkyl halides is 1. The number of rotatable bonds is 4. The van der Waals surface area contributed by atoms with Crippen LogP contribution in [0.4, 0.5) is 0 Å². The number of aliphatic hydroxyl groups is 2. The molecule has 0 aliphatic rings. The van der Waals surface area contributed by atoms with Crippen molar-refractivity contribution in [1.82, 2.24) is 0 Å². The zero-order valence-electron chi connectivity index (χ0n) is 38.1. The topological polar surface area (TPSA) is 161 Å². The number of aldehydes is 1. The summed E-state index contributed by atoms with van der Waals surface area (Å²) in [6, 6.07) is 0. The maximum absolute atomic E-state index is 9.59. The van der Waals surface area contributed by atoms with E-state index in [0.717, 1.165) is 25.3 Å². The first-order valence-electron chi connectivity index (χ1n) is 12.5. The fraction of sp³-hybridized carbons (Fsp3) is 0.824. The summed E-state index contributed by atoms with van der Waals surface area (Å²) < 4.78 is 17.6. The van der Waals surface area contributed by atoms with Gasteiger partial charge in [0.1, 0.15) is 13.1 Å². The van der Waals surface area contributed by atoms with Crippen LogP contribution in [0.5, 0.6) is 0 Å². The van der Waals surface area contributed by atoms with Crippen LogP contribution in [0, 0.1) is 0 Å². The second-order valence-electron chi connectivity index (χ2n) is 4.54. The van der Waals surface area contributed by atoms with Gasteiger partial charge in [-0.2, -0.15) is 0 Å². The SMILES string of the molecule is Br.CC=O.CCBr.CCO.CCOC.CO.COC(C)=O.COCOC.O=CO[O-].S=S=S=S.S=S=S=S=S=S=S=S.S=S=S=S=S=S=S=S=S.S=S=S=S=S=S=S=S=S=S.[B].[H-].[H-].[K+].[K+].[Na+]. The zero-order valence-corrected chi connectivity index (χ0v) is 72.9. The number of aliphatic hydroxyl groups excluding tert-OH is 2. The Morgan fingerprint density at radius 1 is 0.600 bits per heavy atom. The molecule has 0 aliphatic carbocycles. The number of carbonyl (C=O) groups is 3. The molecule has 0 aliphatic heterocycles. The van der Waals surface area contributed by atoms with E-state index in [0.29, 0.717) is 6.79 Å². The number of ether oxygens (including phenoxy) is 4. The molecule has 0 bridgehead atoms. The Morgan fingerprint density at radius 3 is 0.785 bits per heavy atom. The van der Waals surface area contributed by atoms with E-state index in [1.807, 2.05) is 13.8 Å². The Balaban J connectivity index is -0.0000000225. The molecule has 0 spiro atoms. The van der Waals surface area contributed by atoms with Gasteiger partial charge in [0.25, 0.3) is 6.47 Å². The van der Waals surface area contributed by atoms with Gasteiger partial charge < -0.3 is 47.0 Å². The summed E-state index contributed by atoms with van der Waals surface area (Å²) in [6.07, 6.45) is 0.750. The Kier molecular flexibility index (Phi) is 336. The molecule has 3 radical (unpaired) electrons. The summed E-state index contributed by atoms with van der Waals surface area (Å²) in [5, 5.41) is 24.1. The normalized spacial score (nSPS) is 5.88. The molecular formula is C17H45BBr2K2NaO11S31. The van der Waals surface area contributed by atoms with Gasteiger partial charge >= 0.3 is 138 Å². The van der Waals surface area contributed by atoms with Crippen LogP contribution in [-0.2, 0) is 332 Å². The predicted octanol–water partition coefficient (Wildman–Crippen LogP) is -7.92. The fourth-order valence-corrected chi connectivity index (χ4v) is 41.5. The summed E-state index contributed by atoms with van der Waals surface area (Å²) in [5.74, 6) is -0.245. The molecule has 2 N–H and O–H groups in total. The van der Waals surface area contributed by atoms with E-state index in [1.54, 1.807) is 161 Å². The van der Waals surface area contributed by atoms with Crippen LogP contribution in [-0.4, -0.2) is 98.2 Å². The molecule has 48 heteroatoms. The van der Waals surface area contributed by atoms with Crippen molar-refractivity contribution in [2.75, 3.05) is 60.9 Å². The van der Waals surface area contributed by atoms with Crippen molar-refractivity contribution in [3.63, 3.8) is 0 Å². The van der Waals surface area contributed by atoms with E-state index >= 15 is 0 Å². The van der Waals surface area contributed by atoms with Gasteiger partial charge in [-0.3, -0.25) is 9.59 Å². The minimum Gasteiger partial charge on any atom is -1.00 e. The van der Waals surface area contributed by atoms with Gasteiger partial charge in [-0.1, -0.05) is 22.9 Å². The van der Waals surface area contributed by atoms with Crippen molar-refractivity contribution in [3.05, 3.63) is 0 Å². The van der Waals surface area contributed by atoms with Crippen LogP contribution in [0.25, 0.3) is 0 Å². The third-order valence-electron chi connectivity index (χ3n) is 1.38. The molecule has 0 saturated carbocycles. The molecule has 0 atom stereocenters. The summed E-state index contributed by atoms with van der Waals surface area (Å²) >= 11 is 39.6. The quantitative estimate of drug-likeness (QED) is 0.0520.